The molecule has 15 heavy (non-hydrogen) atoms. The van der Waals surface area contributed by atoms with Crippen LogP contribution in [0, 0.1) is 12.3 Å². The molecule has 1 heterocycles. The van der Waals surface area contributed by atoms with Crippen LogP contribution in [0.2, 0.25) is 0 Å². The zero-order chi connectivity index (χ0) is 11.3. The molecule has 0 aromatic carbocycles. The fourth-order valence-corrected chi connectivity index (χ4v) is 1.08. The van der Waals surface area contributed by atoms with Crippen molar-refractivity contribution in [3.05, 3.63) is 11.9 Å². The first-order valence-corrected chi connectivity index (χ1v) is 5.10. The minimum atomic E-state index is -0.00986. The molecule has 0 unspecified atom stereocenters. The van der Waals surface area contributed by atoms with E-state index in [-0.39, 0.29) is 5.54 Å². The molecule has 0 fully saturated rings. The largest absolute Gasteiger partial charge is 0.310 e. The van der Waals surface area contributed by atoms with Crippen LogP contribution in [0.25, 0.3) is 0 Å². The summed E-state index contributed by atoms with van der Waals surface area (Å²) in [7, 11) is 0. The van der Waals surface area contributed by atoms with Crippen molar-refractivity contribution in [3.8, 4) is 12.3 Å². The van der Waals surface area contributed by atoms with Gasteiger partial charge in [0.05, 0.1) is 17.4 Å². The Morgan fingerprint density at radius 3 is 2.80 bits per heavy atom. The third-order valence-corrected chi connectivity index (χ3v) is 1.98. The highest BCUT2D eigenvalue weighted by Crippen LogP contribution is 2.11. The van der Waals surface area contributed by atoms with Gasteiger partial charge in [0.25, 0.3) is 0 Å². The van der Waals surface area contributed by atoms with Crippen LogP contribution in [-0.2, 0) is 12.1 Å². The van der Waals surface area contributed by atoms with E-state index < -0.39 is 0 Å². The van der Waals surface area contributed by atoms with Crippen LogP contribution in [0.5, 0.6) is 0 Å². The first-order valence-electron chi connectivity index (χ1n) is 5.10. The van der Waals surface area contributed by atoms with Crippen LogP contribution in [0.15, 0.2) is 6.20 Å². The third kappa shape index (κ3) is 3.72. The lowest BCUT2D eigenvalue weighted by molar-refractivity contribution is 0.347. The van der Waals surface area contributed by atoms with E-state index in [2.05, 4.69) is 42.3 Å². The molecule has 0 amide bonds. The van der Waals surface area contributed by atoms with Crippen molar-refractivity contribution in [2.24, 2.45) is 0 Å². The zero-order valence-electron chi connectivity index (χ0n) is 9.62. The van der Waals surface area contributed by atoms with Crippen molar-refractivity contribution < 1.29 is 0 Å². The van der Waals surface area contributed by atoms with Crippen molar-refractivity contribution >= 4 is 0 Å². The Balaban J connectivity index is 2.44. The highest BCUT2D eigenvalue weighted by atomic mass is 15.4. The fourth-order valence-electron chi connectivity index (χ4n) is 1.08. The summed E-state index contributed by atoms with van der Waals surface area (Å²) in [6.45, 7) is 7.82. The van der Waals surface area contributed by atoms with Crippen molar-refractivity contribution in [1.29, 1.82) is 0 Å². The van der Waals surface area contributed by atoms with Crippen molar-refractivity contribution in [3.63, 3.8) is 0 Å². The normalized spacial score (nSPS) is 11.3. The van der Waals surface area contributed by atoms with Crippen molar-refractivity contribution in [2.75, 3.05) is 6.54 Å². The topological polar surface area (TPSA) is 42.7 Å². The Morgan fingerprint density at radius 1 is 1.53 bits per heavy atom. The van der Waals surface area contributed by atoms with E-state index in [0.717, 1.165) is 25.2 Å². The minimum absolute atomic E-state index is 0.00986. The van der Waals surface area contributed by atoms with Gasteiger partial charge in [-0.2, -0.15) is 0 Å². The summed E-state index contributed by atoms with van der Waals surface area (Å²) in [6, 6.07) is 0. The van der Waals surface area contributed by atoms with Gasteiger partial charge >= 0.3 is 0 Å². The summed E-state index contributed by atoms with van der Waals surface area (Å²) >= 11 is 0. The summed E-state index contributed by atoms with van der Waals surface area (Å²) in [5.74, 6) is 2.58. The summed E-state index contributed by atoms with van der Waals surface area (Å²) < 4.78 is 1.87. The number of aromatic nitrogens is 3. The number of hydrogen-bond donors (Lipinski definition) is 1. The molecule has 0 aliphatic heterocycles. The van der Waals surface area contributed by atoms with E-state index in [1.807, 2.05) is 10.9 Å². The molecule has 1 rings (SSSR count). The standard InChI is InChI=1S/C11H18N4/c1-5-6-7-12-8-10-9-15(14-13-10)11(2,3)4/h1,9,12H,6-8H2,2-4H3. The molecule has 82 valence electrons. The van der Waals surface area contributed by atoms with Crippen LogP contribution in [0.3, 0.4) is 0 Å². The molecule has 0 atom stereocenters. The Bertz CT molecular complexity index is 340. The van der Waals surface area contributed by atoms with Gasteiger partial charge in [-0.25, -0.2) is 4.68 Å². The lowest BCUT2D eigenvalue weighted by atomic mass is 10.1. The smallest absolute Gasteiger partial charge is 0.0965 e. The Labute approximate surface area is 91.1 Å². The summed E-state index contributed by atoms with van der Waals surface area (Å²) in [5, 5.41) is 11.4. The molecular weight excluding hydrogens is 188 g/mol. The van der Waals surface area contributed by atoms with Gasteiger partial charge in [-0.15, -0.1) is 17.4 Å². The molecule has 1 aromatic rings. The second-order valence-corrected chi connectivity index (χ2v) is 4.46. The molecule has 0 spiro atoms. The molecule has 1 aromatic heterocycles. The number of rotatable bonds is 4. The van der Waals surface area contributed by atoms with Gasteiger partial charge in [-0.1, -0.05) is 5.21 Å². The number of hydrogen-bond acceptors (Lipinski definition) is 3. The van der Waals surface area contributed by atoms with E-state index in [9.17, 15) is 0 Å². The second-order valence-electron chi connectivity index (χ2n) is 4.46. The summed E-state index contributed by atoms with van der Waals surface area (Å²) in [5.41, 5.74) is 0.936. The maximum Gasteiger partial charge on any atom is 0.0965 e. The van der Waals surface area contributed by atoms with E-state index in [1.54, 1.807) is 0 Å². The van der Waals surface area contributed by atoms with Crippen LogP contribution >= 0.6 is 0 Å². The molecule has 4 nitrogen and oxygen atoms in total. The quantitative estimate of drug-likeness (QED) is 0.593. The molecule has 0 saturated heterocycles. The third-order valence-electron chi connectivity index (χ3n) is 1.98. The monoisotopic (exact) mass is 206 g/mol. The molecular formula is C11H18N4. The molecule has 4 heteroatoms. The van der Waals surface area contributed by atoms with E-state index in [4.69, 9.17) is 6.42 Å². The van der Waals surface area contributed by atoms with Gasteiger partial charge < -0.3 is 5.32 Å². The van der Waals surface area contributed by atoms with Crippen LogP contribution in [0.1, 0.15) is 32.9 Å². The number of nitrogens with one attached hydrogen (secondary N) is 1. The molecule has 0 bridgehead atoms. The zero-order valence-corrected chi connectivity index (χ0v) is 9.62. The van der Waals surface area contributed by atoms with Gasteiger partial charge in [0.15, 0.2) is 0 Å². The Hall–Kier alpha value is -1.34. The van der Waals surface area contributed by atoms with Gasteiger partial charge in [0.1, 0.15) is 0 Å². The van der Waals surface area contributed by atoms with E-state index in [1.165, 1.54) is 0 Å². The number of nitrogens with zero attached hydrogens (tertiary/aromatic N) is 3. The first-order chi connectivity index (χ1) is 7.04. The molecule has 0 radical (unpaired) electrons. The molecule has 0 aliphatic rings. The Kier molecular flexibility index (Phi) is 3.87. The SMILES string of the molecule is C#CCCNCc1cn(C(C)(C)C)nn1. The molecule has 0 saturated carbocycles. The highest BCUT2D eigenvalue weighted by Gasteiger charge is 2.14. The van der Waals surface area contributed by atoms with Crippen LogP contribution in [-0.4, -0.2) is 21.5 Å². The predicted molar refractivity (Wildman–Crippen MR) is 60.2 cm³/mol. The van der Waals surface area contributed by atoms with Gasteiger partial charge in [0.2, 0.25) is 0 Å². The van der Waals surface area contributed by atoms with E-state index >= 15 is 0 Å². The fraction of sp³-hybridized carbons (Fsp3) is 0.636. The van der Waals surface area contributed by atoms with Crippen molar-refractivity contribution in [1.82, 2.24) is 20.3 Å². The average Bonchev–Trinajstić information content (AvgIpc) is 2.60. The lowest BCUT2D eigenvalue weighted by Gasteiger charge is -2.17. The lowest BCUT2D eigenvalue weighted by Crippen LogP contribution is -2.22. The molecule has 0 aliphatic carbocycles. The van der Waals surface area contributed by atoms with Gasteiger partial charge in [-0.05, 0) is 20.8 Å². The first kappa shape index (κ1) is 11.7. The summed E-state index contributed by atoms with van der Waals surface area (Å²) in [4.78, 5) is 0. The maximum absolute atomic E-state index is 5.15. The van der Waals surface area contributed by atoms with E-state index in [0.29, 0.717) is 0 Å². The predicted octanol–water partition coefficient (Wildman–Crippen LogP) is 1.15. The van der Waals surface area contributed by atoms with Crippen LogP contribution < -0.4 is 5.32 Å². The summed E-state index contributed by atoms with van der Waals surface area (Å²) in [6.07, 6.45) is 7.85. The highest BCUT2D eigenvalue weighted by molar-refractivity contribution is 4.94. The average molecular weight is 206 g/mol. The van der Waals surface area contributed by atoms with Gasteiger partial charge in [-0.3, -0.25) is 0 Å². The number of terminal acetylenes is 1. The maximum atomic E-state index is 5.15. The Morgan fingerprint density at radius 2 is 2.27 bits per heavy atom. The second kappa shape index (κ2) is 4.94. The van der Waals surface area contributed by atoms with Crippen molar-refractivity contribution in [2.45, 2.75) is 39.3 Å². The molecule has 1 N–H and O–H groups in total. The van der Waals surface area contributed by atoms with Crippen LogP contribution in [0.4, 0.5) is 0 Å². The minimum Gasteiger partial charge on any atom is -0.310 e. The van der Waals surface area contributed by atoms with Gasteiger partial charge in [0, 0.05) is 19.5 Å².